The van der Waals surface area contributed by atoms with Crippen LogP contribution in [0.5, 0.6) is 0 Å². The van der Waals surface area contributed by atoms with E-state index in [-0.39, 0.29) is 23.7 Å². The zero-order valence-electron chi connectivity index (χ0n) is 16.4. The van der Waals surface area contributed by atoms with Crippen LogP contribution in [-0.2, 0) is 19.9 Å². The van der Waals surface area contributed by atoms with E-state index >= 15 is 0 Å². The van der Waals surface area contributed by atoms with Crippen molar-refractivity contribution in [2.24, 2.45) is 0 Å². The summed E-state index contributed by atoms with van der Waals surface area (Å²) in [5.74, 6) is -2.45. The number of rotatable bonds is 4. The molecule has 2 aromatic rings. The summed E-state index contributed by atoms with van der Waals surface area (Å²) in [6, 6.07) is 11.3. The lowest BCUT2D eigenvalue weighted by Gasteiger charge is -2.36. The standard InChI is InChI=1S/C22H23NO5/c1-5-28-21(26)22(27)18-9-7-6-8-17(18)19(24)23(20(22)25)15-10-11-16(13(2)3)14(4)12-15/h6-13,27H,5H2,1-4H3. The third-order valence-corrected chi connectivity index (χ3v) is 4.97. The van der Waals surface area contributed by atoms with Crippen molar-refractivity contribution in [1.29, 1.82) is 0 Å². The van der Waals surface area contributed by atoms with Crippen molar-refractivity contribution in [2.45, 2.75) is 39.2 Å². The van der Waals surface area contributed by atoms with Crippen LogP contribution in [0.1, 0.15) is 53.7 Å². The van der Waals surface area contributed by atoms with Crippen molar-refractivity contribution in [3.05, 3.63) is 64.7 Å². The van der Waals surface area contributed by atoms with Crippen LogP contribution in [0.25, 0.3) is 0 Å². The maximum atomic E-state index is 13.2. The van der Waals surface area contributed by atoms with Crippen molar-refractivity contribution < 1.29 is 24.2 Å². The number of carbonyl (C=O) groups excluding carboxylic acids is 3. The molecule has 0 bridgehead atoms. The summed E-state index contributed by atoms with van der Waals surface area (Å²) in [4.78, 5) is 39.7. The number of benzene rings is 2. The molecular formula is C22H23NO5. The maximum Gasteiger partial charge on any atom is 0.353 e. The molecule has 1 atom stereocenters. The van der Waals surface area contributed by atoms with Crippen molar-refractivity contribution in [3.63, 3.8) is 0 Å². The maximum absolute atomic E-state index is 13.2. The minimum Gasteiger partial charge on any atom is -0.463 e. The molecule has 0 aliphatic carbocycles. The molecule has 6 heteroatoms. The number of hydrogen-bond donors (Lipinski definition) is 1. The monoisotopic (exact) mass is 381 g/mol. The fourth-order valence-electron chi connectivity index (χ4n) is 3.59. The molecule has 1 aliphatic heterocycles. The van der Waals surface area contributed by atoms with Crippen molar-refractivity contribution in [1.82, 2.24) is 0 Å². The zero-order chi connectivity index (χ0) is 20.6. The number of fused-ring (bicyclic) bond motifs is 1. The molecule has 0 radical (unpaired) electrons. The number of esters is 1. The first kappa shape index (κ1) is 19.8. The Balaban J connectivity index is 2.19. The topological polar surface area (TPSA) is 83.9 Å². The van der Waals surface area contributed by atoms with Gasteiger partial charge in [0.05, 0.1) is 12.3 Å². The summed E-state index contributed by atoms with van der Waals surface area (Å²) in [5.41, 5.74) is -0.258. The van der Waals surface area contributed by atoms with E-state index in [9.17, 15) is 19.5 Å². The third kappa shape index (κ3) is 2.90. The second-order valence-corrected chi connectivity index (χ2v) is 7.12. The van der Waals surface area contributed by atoms with Gasteiger partial charge in [0.2, 0.25) is 0 Å². The van der Waals surface area contributed by atoms with Gasteiger partial charge in [-0.2, -0.15) is 0 Å². The molecular weight excluding hydrogens is 358 g/mol. The summed E-state index contributed by atoms with van der Waals surface area (Å²) in [6.45, 7) is 7.57. The van der Waals surface area contributed by atoms with E-state index in [0.717, 1.165) is 16.0 Å². The molecule has 1 heterocycles. The summed E-state index contributed by atoms with van der Waals surface area (Å²) in [7, 11) is 0. The molecule has 2 aromatic carbocycles. The Morgan fingerprint density at radius 3 is 2.46 bits per heavy atom. The molecule has 1 aliphatic rings. The summed E-state index contributed by atoms with van der Waals surface area (Å²) < 4.78 is 4.96. The smallest absolute Gasteiger partial charge is 0.353 e. The Morgan fingerprint density at radius 2 is 1.86 bits per heavy atom. The number of amides is 2. The fraction of sp³-hybridized carbons (Fsp3) is 0.318. The van der Waals surface area contributed by atoms with Gasteiger partial charge in [0.15, 0.2) is 0 Å². The number of hydrogen-bond acceptors (Lipinski definition) is 5. The van der Waals surface area contributed by atoms with Crippen LogP contribution in [0.4, 0.5) is 5.69 Å². The van der Waals surface area contributed by atoms with Crippen LogP contribution in [0.2, 0.25) is 0 Å². The van der Waals surface area contributed by atoms with Crippen molar-refractivity contribution in [3.8, 4) is 0 Å². The van der Waals surface area contributed by atoms with E-state index in [1.807, 2.05) is 13.0 Å². The number of carbonyl (C=O) groups is 3. The predicted molar refractivity (Wildman–Crippen MR) is 104 cm³/mol. The molecule has 1 unspecified atom stereocenters. The summed E-state index contributed by atoms with van der Waals surface area (Å²) >= 11 is 0. The van der Waals surface area contributed by atoms with Gasteiger partial charge in [-0.25, -0.2) is 9.69 Å². The van der Waals surface area contributed by atoms with Gasteiger partial charge in [0.1, 0.15) is 0 Å². The lowest BCUT2D eigenvalue weighted by atomic mass is 9.84. The quantitative estimate of drug-likeness (QED) is 0.500. The zero-order valence-corrected chi connectivity index (χ0v) is 16.4. The average Bonchev–Trinajstić information content (AvgIpc) is 2.66. The Kier molecular flexibility index (Phi) is 5.08. The van der Waals surface area contributed by atoms with Gasteiger partial charge in [0, 0.05) is 11.1 Å². The van der Waals surface area contributed by atoms with Crippen molar-refractivity contribution >= 4 is 23.5 Å². The second-order valence-electron chi connectivity index (χ2n) is 7.12. The molecule has 2 amide bonds. The van der Waals surface area contributed by atoms with Gasteiger partial charge in [0.25, 0.3) is 17.4 Å². The first-order valence-electron chi connectivity index (χ1n) is 9.22. The number of ether oxygens (including phenoxy) is 1. The fourth-order valence-corrected chi connectivity index (χ4v) is 3.59. The highest BCUT2D eigenvalue weighted by atomic mass is 16.6. The van der Waals surface area contributed by atoms with Crippen LogP contribution in [-0.4, -0.2) is 29.5 Å². The Labute approximate surface area is 163 Å². The van der Waals surface area contributed by atoms with Crippen LogP contribution >= 0.6 is 0 Å². The molecule has 3 rings (SSSR count). The first-order valence-corrected chi connectivity index (χ1v) is 9.22. The lowest BCUT2D eigenvalue weighted by molar-refractivity contribution is -0.171. The van der Waals surface area contributed by atoms with Gasteiger partial charge in [-0.1, -0.05) is 38.1 Å². The minimum atomic E-state index is -2.58. The first-order chi connectivity index (χ1) is 13.2. The third-order valence-electron chi connectivity index (χ3n) is 4.97. The molecule has 6 nitrogen and oxygen atoms in total. The Hall–Kier alpha value is -2.99. The number of aliphatic hydroxyl groups is 1. The largest absolute Gasteiger partial charge is 0.463 e. The van der Waals surface area contributed by atoms with Crippen molar-refractivity contribution in [2.75, 3.05) is 11.5 Å². The molecule has 0 saturated heterocycles. The number of anilines is 1. The minimum absolute atomic E-state index is 0.00721. The predicted octanol–water partition coefficient (Wildman–Crippen LogP) is 3.06. The van der Waals surface area contributed by atoms with E-state index in [4.69, 9.17) is 4.74 Å². The van der Waals surface area contributed by atoms with Gasteiger partial charge in [-0.3, -0.25) is 9.59 Å². The van der Waals surface area contributed by atoms with Gasteiger partial charge in [-0.15, -0.1) is 0 Å². The number of nitrogens with zero attached hydrogens (tertiary/aromatic N) is 1. The van der Waals surface area contributed by atoms with Gasteiger partial charge < -0.3 is 9.84 Å². The highest BCUT2D eigenvalue weighted by molar-refractivity contribution is 6.31. The van der Waals surface area contributed by atoms with Crippen LogP contribution in [0.3, 0.4) is 0 Å². The molecule has 146 valence electrons. The van der Waals surface area contributed by atoms with E-state index in [0.29, 0.717) is 5.69 Å². The summed E-state index contributed by atoms with van der Waals surface area (Å²) in [6.07, 6.45) is 0. The SMILES string of the molecule is CCOC(=O)C1(O)C(=O)N(c2ccc(C(C)C)c(C)c2)C(=O)c2ccccc21. The van der Waals surface area contributed by atoms with E-state index in [2.05, 4.69) is 13.8 Å². The average molecular weight is 381 g/mol. The summed E-state index contributed by atoms with van der Waals surface area (Å²) in [5, 5.41) is 11.1. The second kappa shape index (κ2) is 7.20. The molecule has 0 saturated carbocycles. The van der Waals surface area contributed by atoms with Gasteiger partial charge >= 0.3 is 5.97 Å². The number of aryl methyl sites for hydroxylation is 1. The molecule has 0 aromatic heterocycles. The van der Waals surface area contributed by atoms with E-state index in [1.165, 1.54) is 12.1 Å². The van der Waals surface area contributed by atoms with Crippen LogP contribution in [0, 0.1) is 6.92 Å². The molecule has 1 N–H and O–H groups in total. The molecule has 28 heavy (non-hydrogen) atoms. The molecule has 0 fully saturated rings. The van der Waals surface area contributed by atoms with E-state index in [1.54, 1.807) is 31.2 Å². The number of imide groups is 1. The van der Waals surface area contributed by atoms with Crippen LogP contribution in [0.15, 0.2) is 42.5 Å². The highest BCUT2D eigenvalue weighted by Gasteiger charge is 2.56. The lowest BCUT2D eigenvalue weighted by Crippen LogP contribution is -2.59. The highest BCUT2D eigenvalue weighted by Crippen LogP contribution is 2.37. The Morgan fingerprint density at radius 1 is 1.18 bits per heavy atom. The molecule has 0 spiro atoms. The van der Waals surface area contributed by atoms with Gasteiger partial charge in [-0.05, 0) is 49.1 Å². The van der Waals surface area contributed by atoms with Crippen LogP contribution < -0.4 is 4.90 Å². The normalized spacial score (nSPS) is 19.0. The van der Waals surface area contributed by atoms with E-state index < -0.39 is 23.4 Å². The Bertz CT molecular complexity index is 965.